The highest BCUT2D eigenvalue weighted by Crippen LogP contribution is 2.25. The van der Waals surface area contributed by atoms with Crippen molar-refractivity contribution in [2.75, 3.05) is 7.05 Å². The molecular weight excluding hydrogens is 390 g/mol. The molecule has 1 unspecified atom stereocenters. The van der Waals surface area contributed by atoms with E-state index in [4.69, 9.17) is 10.5 Å². The number of carbonyl (C=O) groups is 2. The van der Waals surface area contributed by atoms with Gasteiger partial charge in [0.15, 0.2) is 11.6 Å². The van der Waals surface area contributed by atoms with Gasteiger partial charge < -0.3 is 15.4 Å². The lowest BCUT2D eigenvalue weighted by atomic mass is 10.1. The smallest absolute Gasteiger partial charge is 0.254 e. The lowest BCUT2D eigenvalue weighted by Crippen LogP contribution is -2.29. The van der Waals surface area contributed by atoms with E-state index >= 15 is 0 Å². The Hall–Kier alpha value is -3.74. The Kier molecular flexibility index (Phi) is 6.11. The number of nitrogens with zero attached hydrogens (tertiary/aromatic N) is 1. The monoisotopic (exact) mass is 410 g/mol. The van der Waals surface area contributed by atoms with Gasteiger partial charge in [0.05, 0.1) is 6.04 Å². The molecule has 0 radical (unpaired) electrons. The number of hydrogen-bond acceptors (Lipinski definition) is 3. The Balaban J connectivity index is 1.69. The maximum Gasteiger partial charge on any atom is 0.254 e. The van der Waals surface area contributed by atoms with E-state index in [0.717, 1.165) is 12.1 Å². The molecule has 1 atom stereocenters. The van der Waals surface area contributed by atoms with Crippen LogP contribution in [0.2, 0.25) is 0 Å². The summed E-state index contributed by atoms with van der Waals surface area (Å²) in [5.41, 5.74) is 6.49. The number of hydrogen-bond donors (Lipinski definition) is 1. The van der Waals surface area contributed by atoms with Crippen LogP contribution >= 0.6 is 0 Å². The van der Waals surface area contributed by atoms with E-state index in [1.54, 1.807) is 62.5 Å². The Morgan fingerprint density at radius 2 is 1.40 bits per heavy atom. The van der Waals surface area contributed by atoms with Gasteiger partial charge in [0, 0.05) is 18.2 Å². The van der Waals surface area contributed by atoms with Crippen LogP contribution in [0.4, 0.5) is 8.78 Å². The first-order chi connectivity index (χ1) is 14.3. The third-order valence-electron chi connectivity index (χ3n) is 4.80. The minimum absolute atomic E-state index is 0.274. The van der Waals surface area contributed by atoms with Gasteiger partial charge in [-0.05, 0) is 73.2 Å². The molecule has 0 spiro atoms. The average molecular weight is 410 g/mol. The first-order valence-electron chi connectivity index (χ1n) is 9.16. The minimum Gasteiger partial charge on any atom is -0.457 e. The third kappa shape index (κ3) is 4.63. The second-order valence-corrected chi connectivity index (χ2v) is 6.78. The van der Waals surface area contributed by atoms with Crippen molar-refractivity contribution in [3.05, 3.63) is 95.1 Å². The van der Waals surface area contributed by atoms with Crippen LogP contribution in [0.3, 0.4) is 0 Å². The predicted octanol–water partition coefficient (Wildman–Crippen LogP) is 4.69. The molecule has 0 bridgehead atoms. The van der Waals surface area contributed by atoms with Gasteiger partial charge >= 0.3 is 0 Å². The maximum atomic E-state index is 13.5. The third-order valence-corrected chi connectivity index (χ3v) is 4.80. The van der Waals surface area contributed by atoms with Crippen LogP contribution in [0.5, 0.6) is 11.5 Å². The molecule has 154 valence electrons. The van der Waals surface area contributed by atoms with Crippen LogP contribution in [0.25, 0.3) is 0 Å². The van der Waals surface area contributed by atoms with E-state index in [2.05, 4.69) is 0 Å². The zero-order valence-electron chi connectivity index (χ0n) is 16.4. The molecule has 5 nitrogen and oxygen atoms in total. The van der Waals surface area contributed by atoms with Gasteiger partial charge in [-0.3, -0.25) is 9.59 Å². The summed E-state index contributed by atoms with van der Waals surface area (Å²) in [5.74, 6) is -1.65. The number of carbonyl (C=O) groups excluding carboxylic acids is 2. The van der Waals surface area contributed by atoms with Gasteiger partial charge in [-0.1, -0.05) is 6.07 Å². The summed E-state index contributed by atoms with van der Waals surface area (Å²) in [5, 5.41) is 0. The Morgan fingerprint density at radius 1 is 0.867 bits per heavy atom. The van der Waals surface area contributed by atoms with Gasteiger partial charge in [-0.25, -0.2) is 8.78 Å². The molecule has 2 N–H and O–H groups in total. The summed E-state index contributed by atoms with van der Waals surface area (Å²) in [4.78, 5) is 25.3. The van der Waals surface area contributed by atoms with Crippen molar-refractivity contribution in [1.29, 1.82) is 0 Å². The van der Waals surface area contributed by atoms with Gasteiger partial charge in [0.2, 0.25) is 5.91 Å². The van der Waals surface area contributed by atoms with E-state index < -0.39 is 23.6 Å². The highest BCUT2D eigenvalue weighted by Gasteiger charge is 2.20. The number of nitrogens with two attached hydrogens (primary N) is 1. The largest absolute Gasteiger partial charge is 0.457 e. The van der Waals surface area contributed by atoms with Crippen molar-refractivity contribution < 1.29 is 23.1 Å². The molecule has 3 aromatic carbocycles. The number of amides is 2. The molecule has 0 aromatic heterocycles. The number of primary amides is 1. The van der Waals surface area contributed by atoms with Gasteiger partial charge in [0.25, 0.3) is 5.91 Å². The van der Waals surface area contributed by atoms with Gasteiger partial charge in [-0.15, -0.1) is 0 Å². The molecule has 0 aliphatic carbocycles. The second-order valence-electron chi connectivity index (χ2n) is 6.78. The fourth-order valence-corrected chi connectivity index (χ4v) is 2.86. The fourth-order valence-electron chi connectivity index (χ4n) is 2.86. The SMILES string of the molecule is CC(c1ccc(F)c(F)c1)N(C)C(=O)c1ccc(Oc2ccc(C(N)=O)cc2)cc1. The summed E-state index contributed by atoms with van der Waals surface area (Å²) in [6.07, 6.45) is 0. The number of rotatable bonds is 6. The molecule has 30 heavy (non-hydrogen) atoms. The van der Waals surface area contributed by atoms with Crippen molar-refractivity contribution in [1.82, 2.24) is 4.90 Å². The normalized spacial score (nSPS) is 11.6. The molecule has 3 rings (SSSR count). The van der Waals surface area contributed by atoms with Crippen LogP contribution < -0.4 is 10.5 Å². The molecule has 0 aliphatic rings. The lowest BCUT2D eigenvalue weighted by Gasteiger charge is -2.25. The molecule has 3 aromatic rings. The van der Waals surface area contributed by atoms with Crippen LogP contribution in [-0.2, 0) is 0 Å². The summed E-state index contributed by atoms with van der Waals surface area (Å²) >= 11 is 0. The van der Waals surface area contributed by atoms with Gasteiger partial charge in [0.1, 0.15) is 11.5 Å². The fraction of sp³-hybridized carbons (Fsp3) is 0.130. The Morgan fingerprint density at radius 3 is 1.90 bits per heavy atom. The standard InChI is InChI=1S/C23H20F2N2O3/c1-14(17-7-12-20(24)21(25)13-17)27(2)23(29)16-5-10-19(11-6-16)30-18-8-3-15(4-9-18)22(26)28/h3-14H,1-2H3,(H2,26,28). The van der Waals surface area contributed by atoms with Crippen LogP contribution in [0.1, 0.15) is 39.2 Å². The van der Waals surface area contributed by atoms with Crippen molar-refractivity contribution in [3.8, 4) is 11.5 Å². The highest BCUT2D eigenvalue weighted by molar-refractivity contribution is 5.94. The van der Waals surface area contributed by atoms with Crippen LogP contribution in [0.15, 0.2) is 66.7 Å². The predicted molar refractivity (Wildman–Crippen MR) is 108 cm³/mol. The minimum atomic E-state index is -0.953. The topological polar surface area (TPSA) is 72.6 Å². The molecule has 7 heteroatoms. The van der Waals surface area contributed by atoms with Crippen LogP contribution in [0, 0.1) is 11.6 Å². The Labute approximate surface area is 172 Å². The summed E-state index contributed by atoms with van der Waals surface area (Å²) in [6, 6.07) is 16.0. The van der Waals surface area contributed by atoms with Crippen LogP contribution in [-0.4, -0.2) is 23.8 Å². The van der Waals surface area contributed by atoms with Gasteiger partial charge in [-0.2, -0.15) is 0 Å². The first kappa shape index (κ1) is 21.0. The highest BCUT2D eigenvalue weighted by atomic mass is 19.2. The number of benzene rings is 3. The summed E-state index contributed by atoms with van der Waals surface area (Å²) in [7, 11) is 1.60. The molecule has 2 amide bonds. The average Bonchev–Trinajstić information content (AvgIpc) is 2.75. The molecule has 0 fully saturated rings. The summed E-state index contributed by atoms with van der Waals surface area (Å²) < 4.78 is 32.3. The van der Waals surface area contributed by atoms with Crippen molar-refractivity contribution in [2.45, 2.75) is 13.0 Å². The maximum absolute atomic E-state index is 13.5. The van der Waals surface area contributed by atoms with E-state index in [-0.39, 0.29) is 5.91 Å². The second kappa shape index (κ2) is 8.73. The van der Waals surface area contributed by atoms with E-state index in [1.807, 2.05) is 0 Å². The number of halogens is 2. The van der Waals surface area contributed by atoms with E-state index in [9.17, 15) is 18.4 Å². The molecule has 0 aliphatic heterocycles. The van der Waals surface area contributed by atoms with E-state index in [0.29, 0.717) is 28.2 Å². The first-order valence-corrected chi connectivity index (χ1v) is 9.16. The summed E-state index contributed by atoms with van der Waals surface area (Å²) in [6.45, 7) is 1.73. The van der Waals surface area contributed by atoms with Crippen molar-refractivity contribution >= 4 is 11.8 Å². The Bertz CT molecular complexity index is 1070. The molecule has 0 saturated heterocycles. The van der Waals surface area contributed by atoms with Crippen molar-refractivity contribution in [2.24, 2.45) is 5.73 Å². The number of ether oxygens (including phenoxy) is 1. The molecule has 0 saturated carbocycles. The lowest BCUT2D eigenvalue weighted by molar-refractivity contribution is 0.0742. The quantitative estimate of drug-likeness (QED) is 0.641. The molecule has 0 heterocycles. The van der Waals surface area contributed by atoms with Crippen molar-refractivity contribution in [3.63, 3.8) is 0 Å². The zero-order valence-corrected chi connectivity index (χ0v) is 16.4. The molecular formula is C23H20F2N2O3. The van der Waals surface area contributed by atoms with E-state index in [1.165, 1.54) is 11.0 Å². The zero-order chi connectivity index (χ0) is 21.8.